The van der Waals surface area contributed by atoms with E-state index in [0.29, 0.717) is 17.0 Å². The van der Waals surface area contributed by atoms with Gasteiger partial charge in [0.05, 0.1) is 23.4 Å². The molecular formula is C29H23N3O4. The van der Waals surface area contributed by atoms with E-state index in [2.05, 4.69) is 5.16 Å². The highest BCUT2D eigenvalue weighted by molar-refractivity contribution is 6.21. The molecule has 178 valence electrons. The third kappa shape index (κ3) is 3.48. The minimum absolute atomic E-state index is 0.144. The molecule has 3 heterocycles. The Labute approximate surface area is 208 Å². The van der Waals surface area contributed by atoms with E-state index in [0.717, 1.165) is 33.5 Å². The molecule has 0 saturated heterocycles. The molecule has 2 aliphatic rings. The summed E-state index contributed by atoms with van der Waals surface area (Å²) in [5, 5.41) is 4.08. The highest BCUT2D eigenvalue weighted by Crippen LogP contribution is 2.38. The van der Waals surface area contributed by atoms with Crippen molar-refractivity contribution in [1.82, 2.24) is 10.1 Å². The van der Waals surface area contributed by atoms with Gasteiger partial charge in [0.2, 0.25) is 12.1 Å². The Morgan fingerprint density at radius 2 is 1.56 bits per heavy atom. The summed E-state index contributed by atoms with van der Waals surface area (Å²) in [6.07, 6.45) is 2.96. The van der Waals surface area contributed by atoms with Crippen LogP contribution in [0.15, 0.2) is 89.8 Å². The molecule has 0 saturated carbocycles. The van der Waals surface area contributed by atoms with Gasteiger partial charge in [-0.2, -0.15) is 0 Å². The van der Waals surface area contributed by atoms with E-state index < -0.39 is 6.23 Å². The maximum atomic E-state index is 13.1. The lowest BCUT2D eigenvalue weighted by molar-refractivity contribution is 0.0642. The summed E-state index contributed by atoms with van der Waals surface area (Å²) in [6.45, 7) is 3.99. The van der Waals surface area contributed by atoms with Crippen LogP contribution >= 0.6 is 0 Å². The molecule has 6 rings (SSSR count). The molecule has 0 bridgehead atoms. The number of carbonyl (C=O) groups excluding carboxylic acids is 2. The summed E-state index contributed by atoms with van der Waals surface area (Å²) in [4.78, 5) is 29.4. The SMILES string of the molecule is Cc1noc(N2C=COC2c2ccc(-c3ccccc3)c(CN3C(=O)c4ccccc4C3=O)c2)c1C. The number of imide groups is 1. The molecule has 2 amide bonds. The van der Waals surface area contributed by atoms with Gasteiger partial charge in [0.1, 0.15) is 6.26 Å². The van der Waals surface area contributed by atoms with Crippen molar-refractivity contribution in [3.05, 3.63) is 119 Å². The number of aryl methyl sites for hydroxylation is 1. The second-order valence-electron chi connectivity index (χ2n) is 8.90. The van der Waals surface area contributed by atoms with Crippen molar-refractivity contribution < 1.29 is 18.8 Å². The molecule has 0 spiro atoms. The fourth-order valence-electron chi connectivity index (χ4n) is 4.73. The summed E-state index contributed by atoms with van der Waals surface area (Å²) in [5.74, 6) is 0.0432. The van der Waals surface area contributed by atoms with Crippen molar-refractivity contribution >= 4 is 17.7 Å². The Hall–Kier alpha value is -4.65. The van der Waals surface area contributed by atoms with Crippen LogP contribution in [-0.4, -0.2) is 21.9 Å². The molecule has 0 aliphatic carbocycles. The molecule has 1 atom stereocenters. The largest absolute Gasteiger partial charge is 0.472 e. The number of amides is 2. The first-order chi connectivity index (χ1) is 17.5. The van der Waals surface area contributed by atoms with E-state index in [1.54, 1.807) is 30.5 Å². The molecule has 1 aromatic heterocycles. The van der Waals surface area contributed by atoms with Crippen molar-refractivity contribution in [1.29, 1.82) is 0 Å². The third-order valence-electron chi connectivity index (χ3n) is 6.75. The predicted octanol–water partition coefficient (Wildman–Crippen LogP) is 5.76. The van der Waals surface area contributed by atoms with Crippen molar-refractivity contribution in [2.75, 3.05) is 4.90 Å². The van der Waals surface area contributed by atoms with Gasteiger partial charge in [0.25, 0.3) is 11.8 Å². The van der Waals surface area contributed by atoms with Crippen molar-refractivity contribution in [3.8, 4) is 11.1 Å². The molecule has 36 heavy (non-hydrogen) atoms. The molecule has 7 nitrogen and oxygen atoms in total. The quantitative estimate of drug-likeness (QED) is 0.340. The van der Waals surface area contributed by atoms with E-state index in [4.69, 9.17) is 9.26 Å². The Kier molecular flexibility index (Phi) is 5.18. The fraction of sp³-hybridized carbons (Fsp3) is 0.138. The van der Waals surface area contributed by atoms with E-state index in [1.165, 1.54) is 4.90 Å². The molecule has 2 aliphatic heterocycles. The Morgan fingerprint density at radius 1 is 0.861 bits per heavy atom. The zero-order valence-electron chi connectivity index (χ0n) is 19.8. The lowest BCUT2D eigenvalue weighted by Gasteiger charge is -2.24. The second-order valence-corrected chi connectivity index (χ2v) is 8.90. The standard InChI is InChI=1S/C29H23N3O4/c1-18-19(2)30-36-28(18)31-14-15-35-29(31)21-12-13-23(20-8-4-3-5-9-20)22(16-21)17-32-26(33)24-10-6-7-11-25(24)27(32)34/h3-16,29H,17H2,1-2H3. The van der Waals surface area contributed by atoms with E-state index in [9.17, 15) is 9.59 Å². The number of fused-ring (bicyclic) bond motifs is 1. The van der Waals surface area contributed by atoms with Gasteiger partial charge >= 0.3 is 0 Å². The molecule has 7 heteroatoms. The Bertz CT molecular complexity index is 1490. The third-order valence-corrected chi connectivity index (χ3v) is 6.75. The number of rotatable bonds is 5. The smallest absolute Gasteiger partial charge is 0.261 e. The van der Waals surface area contributed by atoms with Gasteiger partial charge in [-0.1, -0.05) is 59.8 Å². The average Bonchev–Trinajstić information content (AvgIpc) is 3.58. The molecule has 0 N–H and O–H groups in total. The maximum absolute atomic E-state index is 13.1. The summed E-state index contributed by atoms with van der Waals surface area (Å²) in [7, 11) is 0. The molecule has 3 aromatic carbocycles. The van der Waals surface area contributed by atoms with Gasteiger partial charge < -0.3 is 9.26 Å². The maximum Gasteiger partial charge on any atom is 0.261 e. The zero-order chi connectivity index (χ0) is 24.8. The van der Waals surface area contributed by atoms with Crippen molar-refractivity contribution in [3.63, 3.8) is 0 Å². The topological polar surface area (TPSA) is 75.9 Å². The van der Waals surface area contributed by atoms with Crippen LogP contribution in [0.5, 0.6) is 0 Å². The van der Waals surface area contributed by atoms with Crippen LogP contribution in [0, 0.1) is 13.8 Å². The van der Waals surface area contributed by atoms with Gasteiger partial charge in [0, 0.05) is 17.3 Å². The minimum atomic E-state index is -0.471. The van der Waals surface area contributed by atoms with Gasteiger partial charge in [0.15, 0.2) is 0 Å². The van der Waals surface area contributed by atoms with Crippen molar-refractivity contribution in [2.45, 2.75) is 26.6 Å². The molecule has 1 unspecified atom stereocenters. The summed E-state index contributed by atoms with van der Waals surface area (Å²) >= 11 is 0. The number of ether oxygens (including phenoxy) is 1. The van der Waals surface area contributed by atoms with Crippen LogP contribution in [-0.2, 0) is 11.3 Å². The second kappa shape index (κ2) is 8.53. The summed E-state index contributed by atoms with van der Waals surface area (Å²) < 4.78 is 11.5. The first-order valence-electron chi connectivity index (χ1n) is 11.7. The first kappa shape index (κ1) is 21.9. The van der Waals surface area contributed by atoms with Crippen molar-refractivity contribution in [2.24, 2.45) is 0 Å². The van der Waals surface area contributed by atoms with Gasteiger partial charge in [-0.25, -0.2) is 0 Å². The number of benzene rings is 3. The minimum Gasteiger partial charge on any atom is -0.472 e. The number of aromatic nitrogens is 1. The number of hydrogen-bond acceptors (Lipinski definition) is 6. The van der Waals surface area contributed by atoms with Crippen LogP contribution in [0.4, 0.5) is 5.88 Å². The van der Waals surface area contributed by atoms with Crippen LogP contribution in [0.25, 0.3) is 11.1 Å². The van der Waals surface area contributed by atoms with E-state index in [-0.39, 0.29) is 18.4 Å². The Morgan fingerprint density at radius 3 is 2.22 bits per heavy atom. The normalized spacial score (nSPS) is 16.6. The molecule has 4 aromatic rings. The molecular weight excluding hydrogens is 454 g/mol. The van der Waals surface area contributed by atoms with Gasteiger partial charge in [-0.3, -0.25) is 19.4 Å². The number of carbonyl (C=O) groups is 2. The van der Waals surface area contributed by atoms with E-state index in [1.807, 2.05) is 73.5 Å². The predicted molar refractivity (Wildman–Crippen MR) is 134 cm³/mol. The monoisotopic (exact) mass is 477 g/mol. The summed E-state index contributed by atoms with van der Waals surface area (Å²) in [5.41, 5.74) is 6.27. The zero-order valence-corrected chi connectivity index (χ0v) is 19.8. The van der Waals surface area contributed by atoms with Crippen LogP contribution in [0.1, 0.15) is 49.3 Å². The highest BCUT2D eigenvalue weighted by atomic mass is 16.5. The molecule has 0 fully saturated rings. The number of hydrogen-bond donors (Lipinski definition) is 0. The fourth-order valence-corrected chi connectivity index (χ4v) is 4.73. The lowest BCUT2D eigenvalue weighted by Crippen LogP contribution is -2.29. The van der Waals surface area contributed by atoms with Crippen LogP contribution < -0.4 is 4.90 Å². The van der Waals surface area contributed by atoms with Gasteiger partial charge in [-0.15, -0.1) is 0 Å². The number of anilines is 1. The lowest BCUT2D eigenvalue weighted by atomic mass is 9.96. The van der Waals surface area contributed by atoms with E-state index >= 15 is 0 Å². The van der Waals surface area contributed by atoms with Crippen LogP contribution in [0.3, 0.4) is 0 Å². The highest BCUT2D eigenvalue weighted by Gasteiger charge is 2.36. The number of nitrogens with zero attached hydrogens (tertiary/aromatic N) is 3. The van der Waals surface area contributed by atoms with Crippen LogP contribution in [0.2, 0.25) is 0 Å². The first-order valence-corrected chi connectivity index (χ1v) is 11.7. The Balaban J connectivity index is 1.40. The molecule has 0 radical (unpaired) electrons. The average molecular weight is 478 g/mol. The van der Waals surface area contributed by atoms with Gasteiger partial charge in [-0.05, 0) is 48.7 Å². The summed E-state index contributed by atoms with van der Waals surface area (Å²) in [6, 6.07) is 22.9.